The van der Waals surface area contributed by atoms with E-state index in [1.807, 2.05) is 73.1 Å². The molecule has 0 radical (unpaired) electrons. The molecule has 6 nitrogen and oxygen atoms in total. The van der Waals surface area contributed by atoms with Crippen LogP contribution in [0.5, 0.6) is 0 Å². The van der Waals surface area contributed by atoms with Crippen molar-refractivity contribution in [3.05, 3.63) is 94.0 Å². The van der Waals surface area contributed by atoms with Gasteiger partial charge in [-0.15, -0.1) is 10.2 Å². The maximum atomic E-state index is 13.6. The average molecular weight is 490 g/mol. The molecule has 2 N–H and O–H groups in total. The lowest BCUT2D eigenvalue weighted by Gasteiger charge is -2.33. The van der Waals surface area contributed by atoms with Crippen LogP contribution in [0.1, 0.15) is 28.3 Å². The Bertz CT molecular complexity index is 1330. The van der Waals surface area contributed by atoms with Gasteiger partial charge in [0.2, 0.25) is 11.1 Å². The third-order valence-corrected chi connectivity index (χ3v) is 7.35. The Balaban J connectivity index is 1.53. The predicted octanol–water partition coefficient (Wildman–Crippen LogP) is 5.92. The fraction of sp³-hybridized carbons (Fsp3) is 0.192. The molecule has 5 rings (SSSR count). The van der Waals surface area contributed by atoms with Gasteiger partial charge >= 0.3 is 0 Å². The van der Waals surface area contributed by atoms with Gasteiger partial charge < -0.3 is 10.7 Å². The second kappa shape index (κ2) is 9.16. The number of benzene rings is 3. The number of halogens is 1. The summed E-state index contributed by atoms with van der Waals surface area (Å²) < 4.78 is 1.87. The highest BCUT2D eigenvalue weighted by atomic mass is 35.5. The fourth-order valence-corrected chi connectivity index (χ4v) is 5.53. The molecule has 0 saturated carbocycles. The Labute approximate surface area is 207 Å². The third-order valence-electron chi connectivity index (χ3n) is 5.88. The summed E-state index contributed by atoms with van der Waals surface area (Å²) in [5.74, 6) is 0.606. The van der Waals surface area contributed by atoms with Gasteiger partial charge in [0.05, 0.1) is 6.04 Å². The number of carbonyl (C=O) groups excluding carboxylic acids is 1. The topological polar surface area (TPSA) is 71.8 Å². The largest absolute Gasteiger partial charge is 0.325 e. The second-order valence-corrected chi connectivity index (χ2v) is 10.0. The van der Waals surface area contributed by atoms with Crippen molar-refractivity contribution in [3.63, 3.8) is 0 Å². The minimum atomic E-state index is -0.471. The zero-order valence-electron chi connectivity index (χ0n) is 19.0. The molecule has 3 aromatic carbocycles. The first-order chi connectivity index (χ1) is 16.4. The van der Waals surface area contributed by atoms with Gasteiger partial charge in [-0.2, -0.15) is 0 Å². The summed E-state index contributed by atoms with van der Waals surface area (Å²) in [5.41, 5.74) is 9.49. The number of anilines is 1. The number of hydrogen-bond donors (Lipinski definition) is 2. The van der Waals surface area contributed by atoms with Crippen LogP contribution >= 0.6 is 23.4 Å². The maximum absolute atomic E-state index is 13.6. The van der Waals surface area contributed by atoms with Crippen molar-refractivity contribution >= 4 is 35.0 Å². The molecule has 0 unspecified atom stereocenters. The highest BCUT2D eigenvalue weighted by molar-refractivity contribution is 8.00. The van der Waals surface area contributed by atoms with E-state index in [0.29, 0.717) is 16.0 Å². The van der Waals surface area contributed by atoms with E-state index in [1.165, 1.54) is 17.3 Å². The molecular formula is C26H24ClN5OS. The maximum Gasteiger partial charge on any atom is 0.240 e. The molecule has 2 heterocycles. The molecule has 1 aromatic heterocycles. The van der Waals surface area contributed by atoms with Crippen molar-refractivity contribution < 1.29 is 4.79 Å². The van der Waals surface area contributed by atoms with Crippen LogP contribution in [-0.4, -0.2) is 26.0 Å². The lowest BCUT2D eigenvalue weighted by Crippen LogP contribution is -2.41. The van der Waals surface area contributed by atoms with Crippen LogP contribution in [0.4, 0.5) is 5.69 Å². The predicted molar refractivity (Wildman–Crippen MR) is 138 cm³/mol. The van der Waals surface area contributed by atoms with E-state index in [-0.39, 0.29) is 11.9 Å². The van der Waals surface area contributed by atoms with Crippen LogP contribution in [0.15, 0.2) is 71.9 Å². The molecule has 1 amide bonds. The number of thioether (sulfide) groups is 1. The Kier molecular flexibility index (Phi) is 6.06. The zero-order valence-corrected chi connectivity index (χ0v) is 20.6. The lowest BCUT2D eigenvalue weighted by atomic mass is 10.0. The van der Waals surface area contributed by atoms with Crippen molar-refractivity contribution in [2.45, 2.75) is 37.2 Å². The van der Waals surface area contributed by atoms with E-state index in [2.05, 4.69) is 40.0 Å². The molecule has 1 aliphatic heterocycles. The van der Waals surface area contributed by atoms with E-state index in [9.17, 15) is 4.79 Å². The molecule has 0 spiro atoms. The van der Waals surface area contributed by atoms with Gasteiger partial charge in [-0.25, -0.2) is 4.68 Å². The number of nitrogens with one attached hydrogen (secondary N) is 2. The first-order valence-electron chi connectivity index (χ1n) is 11.0. The third kappa shape index (κ3) is 4.29. The lowest BCUT2D eigenvalue weighted by molar-refractivity contribution is -0.116. The van der Waals surface area contributed by atoms with E-state index < -0.39 is 5.25 Å². The summed E-state index contributed by atoms with van der Waals surface area (Å²) in [6.45, 7) is 6.09. The molecule has 0 saturated heterocycles. The summed E-state index contributed by atoms with van der Waals surface area (Å²) in [6, 6.07) is 21.3. The first kappa shape index (κ1) is 22.5. The summed E-state index contributed by atoms with van der Waals surface area (Å²) >= 11 is 7.55. The smallest absolute Gasteiger partial charge is 0.240 e. The molecule has 4 aromatic rings. The monoisotopic (exact) mass is 489 g/mol. The van der Waals surface area contributed by atoms with Gasteiger partial charge in [-0.3, -0.25) is 4.79 Å². The average Bonchev–Trinajstić information content (AvgIpc) is 3.24. The number of fused-ring (bicyclic) bond motifs is 1. The molecule has 0 aliphatic carbocycles. The Morgan fingerprint density at radius 3 is 2.35 bits per heavy atom. The van der Waals surface area contributed by atoms with E-state index in [0.717, 1.165) is 27.9 Å². The van der Waals surface area contributed by atoms with E-state index >= 15 is 0 Å². The summed E-state index contributed by atoms with van der Waals surface area (Å²) in [6.07, 6.45) is 0. The zero-order chi connectivity index (χ0) is 23.8. The van der Waals surface area contributed by atoms with Crippen LogP contribution < -0.4 is 10.7 Å². The van der Waals surface area contributed by atoms with Gasteiger partial charge in [0, 0.05) is 16.3 Å². The molecule has 0 bridgehead atoms. The molecular weight excluding hydrogens is 466 g/mol. The Morgan fingerprint density at radius 1 is 1.00 bits per heavy atom. The molecule has 1 aliphatic rings. The van der Waals surface area contributed by atoms with Crippen molar-refractivity contribution in [3.8, 4) is 11.4 Å². The van der Waals surface area contributed by atoms with Crippen molar-refractivity contribution in [2.24, 2.45) is 0 Å². The number of nitrogens with zero attached hydrogens (tertiary/aromatic N) is 3. The number of hydrogen-bond acceptors (Lipinski definition) is 5. The van der Waals surface area contributed by atoms with Crippen molar-refractivity contribution in [1.82, 2.24) is 14.9 Å². The standard InChI is InChI=1S/C26H24ClN5OS/c1-15-13-16(2)21(17(3)14-15)28-25(33)23-22(18-9-11-20(27)12-10-18)31-32-24(29-30-26(32)34-23)19-7-5-4-6-8-19/h4-14,22-23,31H,1-3H3,(H,28,33)/t22-,23+/m1/s1. The summed E-state index contributed by atoms with van der Waals surface area (Å²) in [5, 5.41) is 12.8. The highest BCUT2D eigenvalue weighted by Crippen LogP contribution is 2.39. The van der Waals surface area contributed by atoms with Crippen LogP contribution in [0.2, 0.25) is 5.02 Å². The van der Waals surface area contributed by atoms with Gasteiger partial charge in [-0.1, -0.05) is 83.5 Å². The van der Waals surface area contributed by atoms with Gasteiger partial charge in [0.25, 0.3) is 0 Å². The van der Waals surface area contributed by atoms with E-state index in [4.69, 9.17) is 11.6 Å². The van der Waals surface area contributed by atoms with Crippen LogP contribution in [-0.2, 0) is 4.79 Å². The minimum absolute atomic E-state index is 0.0944. The van der Waals surface area contributed by atoms with Gasteiger partial charge in [0.15, 0.2) is 5.82 Å². The van der Waals surface area contributed by atoms with Crippen molar-refractivity contribution in [1.29, 1.82) is 0 Å². The molecule has 8 heteroatoms. The Morgan fingerprint density at radius 2 is 1.68 bits per heavy atom. The van der Waals surface area contributed by atoms with Gasteiger partial charge in [0.1, 0.15) is 5.25 Å². The van der Waals surface area contributed by atoms with E-state index in [1.54, 1.807) is 0 Å². The number of rotatable bonds is 4. The van der Waals surface area contributed by atoms with Crippen molar-refractivity contribution in [2.75, 3.05) is 10.7 Å². The summed E-state index contributed by atoms with van der Waals surface area (Å²) in [4.78, 5) is 13.6. The quantitative estimate of drug-likeness (QED) is 0.372. The number of amides is 1. The normalized spacial score (nSPS) is 17.1. The minimum Gasteiger partial charge on any atom is -0.325 e. The SMILES string of the molecule is Cc1cc(C)c(NC(=O)[C@H]2Sc3nnc(-c4ccccc4)n3N[C@@H]2c2ccc(Cl)cc2)c(C)c1. The number of aromatic nitrogens is 3. The van der Waals surface area contributed by atoms with Gasteiger partial charge in [-0.05, 0) is 49.6 Å². The Hall–Kier alpha value is -3.29. The fourth-order valence-electron chi connectivity index (χ4n) is 4.32. The number of aryl methyl sites for hydroxylation is 3. The van der Waals surface area contributed by atoms with Crippen LogP contribution in [0.3, 0.4) is 0 Å². The molecule has 34 heavy (non-hydrogen) atoms. The summed E-state index contributed by atoms with van der Waals surface area (Å²) in [7, 11) is 0. The second-order valence-electron chi connectivity index (χ2n) is 8.47. The molecule has 2 atom stereocenters. The molecule has 0 fully saturated rings. The first-order valence-corrected chi connectivity index (χ1v) is 12.2. The number of carbonyl (C=O) groups is 1. The van der Waals surface area contributed by atoms with Crippen LogP contribution in [0.25, 0.3) is 11.4 Å². The van der Waals surface area contributed by atoms with Crippen LogP contribution in [0, 0.1) is 20.8 Å². The highest BCUT2D eigenvalue weighted by Gasteiger charge is 2.38. The molecule has 172 valence electrons.